The molecule has 0 saturated heterocycles. The maximum Gasteiger partial charge on any atom is -0.0533 e. The van der Waals surface area contributed by atoms with Gasteiger partial charge in [-0.05, 0) is 0 Å². The van der Waals surface area contributed by atoms with Crippen LogP contribution in [0, 0.1) is 0 Å². The van der Waals surface area contributed by atoms with Crippen molar-refractivity contribution in [2.75, 3.05) is 0 Å². The van der Waals surface area contributed by atoms with Gasteiger partial charge in [0.1, 0.15) is 0 Å². The average molecular weight is 231 g/mol. The van der Waals surface area contributed by atoms with E-state index < -0.39 is 0 Å². The molecule has 0 fully saturated rings. The predicted octanol–water partition coefficient (Wildman–Crippen LogP) is 6.51. The summed E-state index contributed by atoms with van der Waals surface area (Å²) in [7, 11) is 0. The van der Waals surface area contributed by atoms with Gasteiger partial charge in [0.15, 0.2) is 0 Å². The first-order valence-corrected chi connectivity index (χ1v) is 6.91. The molecule has 0 radical (unpaired) electrons. The van der Waals surface area contributed by atoms with E-state index in [-0.39, 0.29) is 13.6 Å². The highest BCUT2D eigenvalue weighted by atomic mass is 14.0. The van der Waals surface area contributed by atoms with Gasteiger partial charge in [-0.3, -0.25) is 0 Å². The number of hydrogen-bond donors (Lipinski definition) is 1. The average Bonchev–Trinajstić information content (AvgIpc) is 2.21. The zero-order valence-corrected chi connectivity index (χ0v) is 11.2. The van der Waals surface area contributed by atoms with Crippen molar-refractivity contribution in [1.82, 2.24) is 6.15 Å². The molecular formula is C15H37N. The lowest BCUT2D eigenvalue weighted by Gasteiger charge is -2.01. The van der Waals surface area contributed by atoms with Crippen molar-refractivity contribution in [3.63, 3.8) is 0 Å². The SMILES string of the molecule is C.CCCCCCCCCCCCCC.N. The Labute approximate surface area is 105 Å². The Bertz CT molecular complexity index is 79.4. The molecule has 0 heterocycles. The lowest BCUT2D eigenvalue weighted by molar-refractivity contribution is 0.548. The van der Waals surface area contributed by atoms with Gasteiger partial charge in [-0.1, -0.05) is 98.3 Å². The molecule has 0 aromatic rings. The van der Waals surface area contributed by atoms with Gasteiger partial charge < -0.3 is 6.15 Å². The highest BCUT2D eigenvalue weighted by molar-refractivity contribution is 4.47. The van der Waals surface area contributed by atoms with Gasteiger partial charge in [0.05, 0.1) is 0 Å². The summed E-state index contributed by atoms with van der Waals surface area (Å²) in [5, 5.41) is 0. The molecule has 0 unspecified atom stereocenters. The molecule has 0 aromatic heterocycles. The van der Waals surface area contributed by atoms with Crippen LogP contribution in [-0.4, -0.2) is 0 Å². The molecule has 0 bridgehead atoms. The minimum Gasteiger partial charge on any atom is -0.344 e. The van der Waals surface area contributed by atoms with E-state index >= 15 is 0 Å². The molecule has 0 saturated carbocycles. The minimum atomic E-state index is 0. The summed E-state index contributed by atoms with van der Waals surface area (Å²) in [6.45, 7) is 4.57. The molecule has 0 aliphatic carbocycles. The van der Waals surface area contributed by atoms with E-state index in [1.807, 2.05) is 0 Å². The molecule has 0 atom stereocenters. The van der Waals surface area contributed by atoms with Crippen LogP contribution in [0.25, 0.3) is 0 Å². The van der Waals surface area contributed by atoms with E-state index in [0.717, 1.165) is 0 Å². The van der Waals surface area contributed by atoms with Crippen LogP contribution in [-0.2, 0) is 0 Å². The second kappa shape index (κ2) is 20.4. The first-order valence-electron chi connectivity index (χ1n) is 6.91. The third-order valence-corrected chi connectivity index (χ3v) is 2.96. The van der Waals surface area contributed by atoms with Crippen LogP contribution in [0.1, 0.15) is 98.3 Å². The summed E-state index contributed by atoms with van der Waals surface area (Å²) < 4.78 is 0. The van der Waals surface area contributed by atoms with Crippen LogP contribution < -0.4 is 6.15 Å². The summed E-state index contributed by atoms with van der Waals surface area (Å²) in [4.78, 5) is 0. The smallest absolute Gasteiger partial charge is 0.0533 e. The fraction of sp³-hybridized carbons (Fsp3) is 1.00. The largest absolute Gasteiger partial charge is 0.344 e. The molecule has 0 amide bonds. The van der Waals surface area contributed by atoms with Crippen LogP contribution >= 0.6 is 0 Å². The zero-order chi connectivity index (χ0) is 10.5. The van der Waals surface area contributed by atoms with Gasteiger partial charge in [-0.25, -0.2) is 0 Å². The number of hydrogen-bond acceptors (Lipinski definition) is 1. The maximum atomic E-state index is 2.29. The third-order valence-electron chi connectivity index (χ3n) is 2.96. The number of rotatable bonds is 11. The number of unbranched alkanes of at least 4 members (excludes halogenated alkanes) is 11. The summed E-state index contributed by atoms with van der Waals surface area (Å²) in [6.07, 6.45) is 17.4. The van der Waals surface area contributed by atoms with Crippen LogP contribution in [0.15, 0.2) is 0 Å². The lowest BCUT2D eigenvalue weighted by atomic mass is 10.1. The van der Waals surface area contributed by atoms with Crippen molar-refractivity contribution >= 4 is 0 Å². The van der Waals surface area contributed by atoms with Gasteiger partial charge in [-0.15, -0.1) is 0 Å². The van der Waals surface area contributed by atoms with Gasteiger partial charge >= 0.3 is 0 Å². The van der Waals surface area contributed by atoms with Gasteiger partial charge in [0.25, 0.3) is 0 Å². The Morgan fingerprint density at radius 1 is 0.438 bits per heavy atom. The molecule has 0 aliphatic heterocycles. The van der Waals surface area contributed by atoms with Crippen molar-refractivity contribution in [2.24, 2.45) is 0 Å². The molecule has 0 spiro atoms. The Hall–Kier alpha value is -0.0400. The predicted molar refractivity (Wildman–Crippen MR) is 78.5 cm³/mol. The normalized spacial score (nSPS) is 9.38. The fourth-order valence-corrected chi connectivity index (χ4v) is 1.91. The van der Waals surface area contributed by atoms with E-state index in [1.165, 1.54) is 77.0 Å². The Balaban J connectivity index is -0.000000845. The summed E-state index contributed by atoms with van der Waals surface area (Å²) in [6, 6.07) is 0. The third kappa shape index (κ3) is 19.5. The molecule has 16 heavy (non-hydrogen) atoms. The van der Waals surface area contributed by atoms with Gasteiger partial charge in [-0.2, -0.15) is 0 Å². The van der Waals surface area contributed by atoms with E-state index in [1.54, 1.807) is 0 Å². The van der Waals surface area contributed by atoms with Gasteiger partial charge in [0.2, 0.25) is 0 Å². The second-order valence-corrected chi connectivity index (χ2v) is 4.54. The molecule has 0 aromatic carbocycles. The maximum absolute atomic E-state index is 2.29. The minimum absolute atomic E-state index is 0. The highest BCUT2D eigenvalue weighted by Crippen LogP contribution is 2.11. The molecular weight excluding hydrogens is 194 g/mol. The first kappa shape index (κ1) is 21.3. The lowest BCUT2D eigenvalue weighted by Crippen LogP contribution is -1.81. The van der Waals surface area contributed by atoms with Crippen molar-refractivity contribution < 1.29 is 0 Å². The van der Waals surface area contributed by atoms with Crippen LogP contribution in [0.5, 0.6) is 0 Å². The summed E-state index contributed by atoms with van der Waals surface area (Å²) >= 11 is 0. The summed E-state index contributed by atoms with van der Waals surface area (Å²) in [5.74, 6) is 0. The van der Waals surface area contributed by atoms with Crippen LogP contribution in [0.4, 0.5) is 0 Å². The topological polar surface area (TPSA) is 35.0 Å². The van der Waals surface area contributed by atoms with Crippen LogP contribution in [0.2, 0.25) is 0 Å². The van der Waals surface area contributed by atoms with Crippen molar-refractivity contribution in [3.8, 4) is 0 Å². The quantitative estimate of drug-likeness (QED) is 0.404. The molecule has 0 rings (SSSR count). The van der Waals surface area contributed by atoms with E-state index in [0.29, 0.717) is 0 Å². The van der Waals surface area contributed by atoms with Crippen molar-refractivity contribution in [1.29, 1.82) is 0 Å². The fourth-order valence-electron chi connectivity index (χ4n) is 1.91. The second-order valence-electron chi connectivity index (χ2n) is 4.54. The van der Waals surface area contributed by atoms with Crippen molar-refractivity contribution in [3.05, 3.63) is 0 Å². The molecule has 1 nitrogen and oxygen atoms in total. The summed E-state index contributed by atoms with van der Waals surface area (Å²) in [5.41, 5.74) is 0. The van der Waals surface area contributed by atoms with E-state index in [2.05, 4.69) is 13.8 Å². The Kier molecular flexibility index (Phi) is 27.1. The molecule has 3 N–H and O–H groups in total. The van der Waals surface area contributed by atoms with E-state index in [9.17, 15) is 0 Å². The first-order chi connectivity index (χ1) is 6.91. The van der Waals surface area contributed by atoms with Crippen molar-refractivity contribution in [2.45, 2.75) is 98.3 Å². The monoisotopic (exact) mass is 231 g/mol. The standard InChI is InChI=1S/C14H30.CH4.H3N/c1-3-5-7-9-11-13-14-12-10-8-6-4-2;;/h3-14H2,1-2H3;1H4;1H3. The highest BCUT2D eigenvalue weighted by Gasteiger charge is 1.91. The Morgan fingerprint density at radius 3 is 0.812 bits per heavy atom. The van der Waals surface area contributed by atoms with Crippen LogP contribution in [0.3, 0.4) is 0 Å². The molecule has 0 aliphatic rings. The molecule has 102 valence electrons. The van der Waals surface area contributed by atoms with E-state index in [4.69, 9.17) is 0 Å². The Morgan fingerprint density at radius 2 is 0.625 bits per heavy atom. The zero-order valence-electron chi connectivity index (χ0n) is 11.2. The van der Waals surface area contributed by atoms with Gasteiger partial charge in [0, 0.05) is 0 Å². The molecule has 1 heteroatoms.